The van der Waals surface area contributed by atoms with Crippen molar-refractivity contribution in [2.75, 3.05) is 37.6 Å². The Morgan fingerprint density at radius 1 is 1.21 bits per heavy atom. The Kier molecular flexibility index (Phi) is 6.19. The number of anilines is 2. The first-order chi connectivity index (χ1) is 14.0. The first kappa shape index (κ1) is 20.0. The van der Waals surface area contributed by atoms with Gasteiger partial charge in [0.25, 0.3) is 5.91 Å². The van der Waals surface area contributed by atoms with Crippen LogP contribution in [-0.4, -0.2) is 39.2 Å². The van der Waals surface area contributed by atoms with Gasteiger partial charge in [-0.25, -0.2) is 0 Å². The highest BCUT2D eigenvalue weighted by Gasteiger charge is 2.24. The van der Waals surface area contributed by atoms with E-state index in [9.17, 15) is 9.59 Å². The van der Waals surface area contributed by atoms with E-state index in [1.54, 1.807) is 61.6 Å². The summed E-state index contributed by atoms with van der Waals surface area (Å²) in [5, 5.41) is 2.79. The molecule has 150 valence electrons. The molecule has 0 saturated heterocycles. The minimum atomic E-state index is -0.297. The van der Waals surface area contributed by atoms with Gasteiger partial charge in [0.1, 0.15) is 5.75 Å². The third-order valence-electron chi connectivity index (χ3n) is 4.32. The number of methoxy groups -OCH3 is 2. The van der Waals surface area contributed by atoms with Crippen LogP contribution in [0.2, 0.25) is 0 Å². The molecule has 0 spiro atoms. The molecule has 29 heavy (non-hydrogen) atoms. The molecule has 0 fully saturated rings. The van der Waals surface area contributed by atoms with Crippen molar-refractivity contribution in [1.82, 2.24) is 0 Å². The maximum absolute atomic E-state index is 12.3. The second-order valence-electron chi connectivity index (χ2n) is 6.20. The summed E-state index contributed by atoms with van der Waals surface area (Å²) in [4.78, 5) is 25.8. The second kappa shape index (κ2) is 8.97. The van der Waals surface area contributed by atoms with Crippen LogP contribution in [0, 0.1) is 0 Å². The Morgan fingerprint density at radius 2 is 2.00 bits per heavy atom. The van der Waals surface area contributed by atoms with E-state index in [1.807, 2.05) is 6.07 Å². The Labute approximate surface area is 169 Å². The topological polar surface area (TPSA) is 77.1 Å². The van der Waals surface area contributed by atoms with Crippen LogP contribution in [0.5, 0.6) is 17.2 Å². The SMILES string of the molecule is C=CCN1C(=O)COc2cc(NC(=O)/C=C/c3ccc(OC)c(OC)c3)ccc21. The molecule has 1 aliphatic heterocycles. The second-order valence-corrected chi connectivity index (χ2v) is 6.20. The highest BCUT2D eigenvalue weighted by molar-refractivity contribution is 6.03. The average Bonchev–Trinajstić information content (AvgIpc) is 2.74. The molecule has 0 unspecified atom stereocenters. The van der Waals surface area contributed by atoms with Crippen LogP contribution in [-0.2, 0) is 9.59 Å². The molecule has 0 aliphatic carbocycles. The molecule has 7 nitrogen and oxygen atoms in total. The summed E-state index contributed by atoms with van der Waals surface area (Å²) >= 11 is 0. The highest BCUT2D eigenvalue weighted by atomic mass is 16.5. The maximum Gasteiger partial charge on any atom is 0.265 e. The summed E-state index contributed by atoms with van der Waals surface area (Å²) in [6.07, 6.45) is 4.76. The number of nitrogens with one attached hydrogen (secondary N) is 1. The van der Waals surface area contributed by atoms with Crippen molar-refractivity contribution in [3.8, 4) is 17.2 Å². The molecule has 3 rings (SSSR count). The van der Waals surface area contributed by atoms with Gasteiger partial charge in [-0.15, -0.1) is 6.58 Å². The summed E-state index contributed by atoms with van der Waals surface area (Å²) in [5.41, 5.74) is 2.02. The number of carbonyl (C=O) groups excluding carboxylic acids is 2. The number of rotatable bonds is 7. The van der Waals surface area contributed by atoms with Crippen molar-refractivity contribution in [2.45, 2.75) is 0 Å². The number of hydrogen-bond acceptors (Lipinski definition) is 5. The monoisotopic (exact) mass is 394 g/mol. The fourth-order valence-corrected chi connectivity index (χ4v) is 2.92. The molecule has 2 amide bonds. The standard InChI is InChI=1S/C22H22N2O5/c1-4-11-24-17-8-7-16(13-19(17)29-14-22(24)26)23-21(25)10-6-15-5-9-18(27-2)20(12-15)28-3/h4-10,12-13H,1,11,14H2,2-3H3,(H,23,25)/b10-6+. The van der Waals surface area contributed by atoms with Gasteiger partial charge in [0.05, 0.1) is 19.9 Å². The van der Waals surface area contributed by atoms with E-state index in [0.717, 1.165) is 5.56 Å². The van der Waals surface area contributed by atoms with Gasteiger partial charge >= 0.3 is 0 Å². The fraction of sp³-hybridized carbons (Fsp3) is 0.182. The zero-order valence-electron chi connectivity index (χ0n) is 16.3. The van der Waals surface area contributed by atoms with Crippen molar-refractivity contribution in [2.24, 2.45) is 0 Å². The van der Waals surface area contributed by atoms with E-state index in [0.29, 0.717) is 35.2 Å². The smallest absolute Gasteiger partial charge is 0.265 e. The fourth-order valence-electron chi connectivity index (χ4n) is 2.92. The summed E-state index contributed by atoms with van der Waals surface area (Å²) < 4.78 is 15.9. The number of fused-ring (bicyclic) bond motifs is 1. The van der Waals surface area contributed by atoms with Gasteiger partial charge in [0.15, 0.2) is 18.1 Å². The summed E-state index contributed by atoms with van der Waals surface area (Å²) in [6.45, 7) is 4.02. The third-order valence-corrected chi connectivity index (χ3v) is 4.32. The lowest BCUT2D eigenvalue weighted by Crippen LogP contribution is -2.38. The molecule has 1 N–H and O–H groups in total. The Hall–Kier alpha value is -3.74. The number of benzene rings is 2. The van der Waals surface area contributed by atoms with Gasteiger partial charge in [-0.3, -0.25) is 9.59 Å². The lowest BCUT2D eigenvalue weighted by atomic mass is 10.2. The van der Waals surface area contributed by atoms with Crippen molar-refractivity contribution in [3.05, 3.63) is 60.7 Å². The van der Waals surface area contributed by atoms with E-state index in [1.165, 1.54) is 6.08 Å². The summed E-state index contributed by atoms with van der Waals surface area (Å²) in [6, 6.07) is 10.5. The number of nitrogens with zero attached hydrogens (tertiary/aromatic N) is 1. The zero-order chi connectivity index (χ0) is 20.8. The average molecular weight is 394 g/mol. The molecule has 1 heterocycles. The van der Waals surface area contributed by atoms with Gasteiger partial charge in [0.2, 0.25) is 5.91 Å². The molecule has 2 aromatic carbocycles. The minimum absolute atomic E-state index is 0.0442. The van der Waals surface area contributed by atoms with E-state index in [4.69, 9.17) is 14.2 Å². The number of hydrogen-bond donors (Lipinski definition) is 1. The Bertz CT molecular complexity index is 968. The van der Waals surface area contributed by atoms with Crippen LogP contribution < -0.4 is 24.4 Å². The van der Waals surface area contributed by atoms with Gasteiger partial charge < -0.3 is 24.4 Å². The lowest BCUT2D eigenvalue weighted by Gasteiger charge is -2.28. The van der Waals surface area contributed by atoms with E-state index in [-0.39, 0.29) is 18.4 Å². The van der Waals surface area contributed by atoms with Crippen LogP contribution >= 0.6 is 0 Å². The van der Waals surface area contributed by atoms with Gasteiger partial charge in [-0.05, 0) is 35.9 Å². The van der Waals surface area contributed by atoms with Crippen LogP contribution in [0.3, 0.4) is 0 Å². The predicted octanol–water partition coefficient (Wildman–Crippen LogP) is 3.27. The predicted molar refractivity (Wildman–Crippen MR) is 112 cm³/mol. The molecule has 0 aromatic heterocycles. The molecule has 1 aliphatic rings. The van der Waals surface area contributed by atoms with Crippen molar-refractivity contribution >= 4 is 29.3 Å². The first-order valence-corrected chi connectivity index (χ1v) is 8.95. The van der Waals surface area contributed by atoms with E-state index < -0.39 is 0 Å². The van der Waals surface area contributed by atoms with Crippen molar-refractivity contribution < 1.29 is 23.8 Å². The normalized spacial score (nSPS) is 12.9. The van der Waals surface area contributed by atoms with Crippen LogP contribution in [0.15, 0.2) is 55.1 Å². The Morgan fingerprint density at radius 3 is 2.72 bits per heavy atom. The van der Waals surface area contributed by atoms with E-state index >= 15 is 0 Å². The molecular formula is C22H22N2O5. The largest absolute Gasteiger partial charge is 0.493 e. The molecule has 0 saturated carbocycles. The maximum atomic E-state index is 12.3. The molecule has 2 aromatic rings. The van der Waals surface area contributed by atoms with Crippen molar-refractivity contribution in [1.29, 1.82) is 0 Å². The van der Waals surface area contributed by atoms with Crippen LogP contribution in [0.1, 0.15) is 5.56 Å². The lowest BCUT2D eigenvalue weighted by molar-refractivity contribution is -0.121. The van der Waals surface area contributed by atoms with Crippen molar-refractivity contribution in [3.63, 3.8) is 0 Å². The first-order valence-electron chi connectivity index (χ1n) is 8.95. The summed E-state index contributed by atoms with van der Waals surface area (Å²) in [7, 11) is 3.12. The summed E-state index contributed by atoms with van der Waals surface area (Å²) in [5.74, 6) is 1.31. The van der Waals surface area contributed by atoms with Gasteiger partial charge in [-0.1, -0.05) is 12.1 Å². The third kappa shape index (κ3) is 4.57. The number of ether oxygens (including phenoxy) is 3. The Balaban J connectivity index is 1.70. The van der Waals surface area contributed by atoms with Crippen LogP contribution in [0.4, 0.5) is 11.4 Å². The number of amides is 2. The van der Waals surface area contributed by atoms with Crippen LogP contribution in [0.25, 0.3) is 6.08 Å². The van der Waals surface area contributed by atoms with E-state index in [2.05, 4.69) is 11.9 Å². The quantitative estimate of drug-likeness (QED) is 0.576. The zero-order valence-corrected chi connectivity index (χ0v) is 16.3. The van der Waals surface area contributed by atoms with Gasteiger partial charge in [0, 0.05) is 24.4 Å². The molecule has 0 radical (unpaired) electrons. The molecule has 7 heteroatoms. The molecular weight excluding hydrogens is 372 g/mol. The van der Waals surface area contributed by atoms with Gasteiger partial charge in [-0.2, -0.15) is 0 Å². The highest BCUT2D eigenvalue weighted by Crippen LogP contribution is 2.34. The molecule has 0 bridgehead atoms. The number of carbonyl (C=O) groups is 2. The molecule has 0 atom stereocenters. The minimum Gasteiger partial charge on any atom is -0.493 e.